The van der Waals surface area contributed by atoms with Gasteiger partial charge < -0.3 is 15.0 Å². The standard InChI is InChI=1S/C29H39ClN6O/c1-4-24-20-35(28-26(30)17-22(18-33-28)27-31-11-12-32-27)15-16-36(24)25-9-13-34(14-10-25)19-21-5-7-23(8-6-21)29(2,3)37/h5-8,11-12,17-18,24-25,37H,4,9-10,13-16,19-20H2,1-3H3,(H,31,32)/t24-/m0/s1. The van der Waals surface area contributed by atoms with E-state index in [1.807, 2.05) is 32.3 Å². The molecule has 0 amide bonds. The zero-order chi connectivity index (χ0) is 26.0. The molecule has 2 N–H and O–H groups in total. The number of rotatable bonds is 7. The molecule has 2 saturated heterocycles. The first-order valence-electron chi connectivity index (χ1n) is 13.5. The minimum absolute atomic E-state index is 0.502. The molecule has 2 aliphatic rings. The van der Waals surface area contributed by atoms with Gasteiger partial charge in [-0.1, -0.05) is 42.8 Å². The van der Waals surface area contributed by atoms with Gasteiger partial charge >= 0.3 is 0 Å². The molecular weight excluding hydrogens is 484 g/mol. The molecule has 0 saturated carbocycles. The van der Waals surface area contributed by atoms with Crippen LogP contribution in [0.2, 0.25) is 5.02 Å². The van der Waals surface area contributed by atoms with Crippen LogP contribution >= 0.6 is 11.6 Å². The van der Waals surface area contributed by atoms with Crippen molar-refractivity contribution in [1.29, 1.82) is 0 Å². The van der Waals surface area contributed by atoms with Crippen LogP contribution in [0.3, 0.4) is 0 Å². The molecule has 2 aromatic heterocycles. The van der Waals surface area contributed by atoms with Crippen LogP contribution in [0.25, 0.3) is 11.4 Å². The van der Waals surface area contributed by atoms with Gasteiger partial charge in [-0.3, -0.25) is 9.80 Å². The summed E-state index contributed by atoms with van der Waals surface area (Å²) in [5.74, 6) is 1.66. The van der Waals surface area contributed by atoms with Gasteiger partial charge in [-0.15, -0.1) is 0 Å². The largest absolute Gasteiger partial charge is 0.386 e. The van der Waals surface area contributed by atoms with Crippen molar-refractivity contribution >= 4 is 17.4 Å². The molecule has 2 aliphatic heterocycles. The third-order valence-electron chi connectivity index (χ3n) is 7.99. The van der Waals surface area contributed by atoms with Gasteiger partial charge in [0.15, 0.2) is 0 Å². The lowest BCUT2D eigenvalue weighted by molar-refractivity contribution is 0.0610. The Balaban J connectivity index is 1.16. The molecule has 7 nitrogen and oxygen atoms in total. The number of hydrogen-bond donors (Lipinski definition) is 2. The Labute approximate surface area is 225 Å². The number of aromatic amines is 1. The van der Waals surface area contributed by atoms with E-state index < -0.39 is 5.60 Å². The number of aliphatic hydroxyl groups is 1. The van der Waals surface area contributed by atoms with E-state index in [1.54, 1.807) is 6.20 Å². The Morgan fingerprint density at radius 3 is 2.46 bits per heavy atom. The van der Waals surface area contributed by atoms with E-state index >= 15 is 0 Å². The summed E-state index contributed by atoms with van der Waals surface area (Å²) in [4.78, 5) is 19.8. The smallest absolute Gasteiger partial charge is 0.147 e. The fourth-order valence-electron chi connectivity index (χ4n) is 5.81. The summed E-state index contributed by atoms with van der Waals surface area (Å²) in [6.07, 6.45) is 8.93. The van der Waals surface area contributed by atoms with Crippen LogP contribution in [0.4, 0.5) is 5.82 Å². The number of halogens is 1. The van der Waals surface area contributed by atoms with Crippen molar-refractivity contribution in [1.82, 2.24) is 24.8 Å². The Morgan fingerprint density at radius 1 is 1.08 bits per heavy atom. The fraction of sp³-hybridized carbons (Fsp3) is 0.517. The van der Waals surface area contributed by atoms with Crippen LogP contribution < -0.4 is 4.90 Å². The number of H-pyrrole nitrogens is 1. The first kappa shape index (κ1) is 26.2. The zero-order valence-corrected chi connectivity index (χ0v) is 23.0. The molecule has 37 heavy (non-hydrogen) atoms. The number of hydrogen-bond acceptors (Lipinski definition) is 6. The van der Waals surface area contributed by atoms with Gasteiger partial charge in [-0.05, 0) is 63.4 Å². The topological polar surface area (TPSA) is 71.5 Å². The molecule has 0 spiro atoms. The highest BCUT2D eigenvalue weighted by atomic mass is 35.5. The molecule has 5 rings (SSSR count). The van der Waals surface area contributed by atoms with Crippen LogP contribution in [0, 0.1) is 0 Å². The number of aromatic nitrogens is 3. The number of pyridine rings is 1. The van der Waals surface area contributed by atoms with Gasteiger partial charge in [0.25, 0.3) is 0 Å². The second-order valence-electron chi connectivity index (χ2n) is 11.0. The SMILES string of the molecule is CC[C@H]1CN(c2ncc(-c3ncc[nH]3)cc2Cl)CCN1C1CCN(Cc2ccc(C(C)(C)O)cc2)CC1. The molecule has 4 heterocycles. The molecule has 0 aliphatic carbocycles. The summed E-state index contributed by atoms with van der Waals surface area (Å²) < 4.78 is 0. The lowest BCUT2D eigenvalue weighted by Gasteiger charge is -2.47. The van der Waals surface area contributed by atoms with Crippen molar-refractivity contribution in [3.8, 4) is 11.4 Å². The third-order valence-corrected chi connectivity index (χ3v) is 8.26. The molecule has 0 unspecified atom stereocenters. The molecular formula is C29H39ClN6O. The van der Waals surface area contributed by atoms with Crippen LogP contribution in [-0.2, 0) is 12.1 Å². The summed E-state index contributed by atoms with van der Waals surface area (Å²) in [7, 11) is 0. The molecule has 0 radical (unpaired) electrons. The van der Waals surface area contributed by atoms with Gasteiger partial charge in [0.2, 0.25) is 0 Å². The van der Waals surface area contributed by atoms with Gasteiger partial charge in [-0.2, -0.15) is 0 Å². The second-order valence-corrected chi connectivity index (χ2v) is 11.4. The molecule has 1 aromatic carbocycles. The highest BCUT2D eigenvalue weighted by molar-refractivity contribution is 6.33. The fourth-order valence-corrected chi connectivity index (χ4v) is 6.09. The predicted molar refractivity (Wildman–Crippen MR) is 150 cm³/mol. The maximum absolute atomic E-state index is 10.2. The summed E-state index contributed by atoms with van der Waals surface area (Å²) in [6, 6.07) is 11.5. The summed E-state index contributed by atoms with van der Waals surface area (Å²) in [6.45, 7) is 12.1. The predicted octanol–water partition coefficient (Wildman–Crippen LogP) is 4.92. The monoisotopic (exact) mass is 522 g/mol. The molecule has 3 aromatic rings. The van der Waals surface area contributed by atoms with Crippen molar-refractivity contribution in [3.05, 3.63) is 65.1 Å². The lowest BCUT2D eigenvalue weighted by Crippen LogP contribution is -2.58. The van der Waals surface area contributed by atoms with Gasteiger partial charge in [-0.25, -0.2) is 9.97 Å². The minimum atomic E-state index is -0.790. The molecule has 8 heteroatoms. The van der Waals surface area contributed by atoms with E-state index in [4.69, 9.17) is 16.6 Å². The van der Waals surface area contributed by atoms with E-state index in [0.29, 0.717) is 17.1 Å². The first-order valence-corrected chi connectivity index (χ1v) is 13.9. The molecule has 2 fully saturated rings. The highest BCUT2D eigenvalue weighted by Gasteiger charge is 2.34. The first-order chi connectivity index (χ1) is 17.8. The minimum Gasteiger partial charge on any atom is -0.386 e. The van der Waals surface area contributed by atoms with E-state index in [2.05, 4.69) is 55.9 Å². The van der Waals surface area contributed by atoms with E-state index in [9.17, 15) is 5.11 Å². The van der Waals surface area contributed by atoms with E-state index in [-0.39, 0.29) is 0 Å². The molecule has 1 atom stereocenters. The number of anilines is 1. The summed E-state index contributed by atoms with van der Waals surface area (Å²) >= 11 is 6.69. The summed E-state index contributed by atoms with van der Waals surface area (Å²) in [5.41, 5.74) is 2.39. The maximum atomic E-state index is 10.2. The third kappa shape index (κ3) is 6.01. The van der Waals surface area contributed by atoms with Gasteiger partial charge in [0.1, 0.15) is 11.6 Å². The average Bonchev–Trinajstić information content (AvgIpc) is 3.44. The van der Waals surface area contributed by atoms with E-state index in [1.165, 1.54) is 18.4 Å². The van der Waals surface area contributed by atoms with Crippen molar-refractivity contribution in [3.63, 3.8) is 0 Å². The number of imidazole rings is 1. The Kier molecular flexibility index (Phi) is 7.86. The lowest BCUT2D eigenvalue weighted by atomic mass is 9.96. The summed E-state index contributed by atoms with van der Waals surface area (Å²) in [5, 5.41) is 10.9. The van der Waals surface area contributed by atoms with Crippen LogP contribution in [-0.4, -0.2) is 74.7 Å². The highest BCUT2D eigenvalue weighted by Crippen LogP contribution is 2.31. The second kappa shape index (κ2) is 11.1. The van der Waals surface area contributed by atoms with Crippen molar-refractivity contribution in [2.75, 3.05) is 37.6 Å². The number of likely N-dealkylation sites (tertiary alicyclic amines) is 1. The number of benzene rings is 1. The van der Waals surface area contributed by atoms with Crippen molar-refractivity contribution in [2.45, 2.75) is 64.3 Å². The average molecular weight is 523 g/mol. The maximum Gasteiger partial charge on any atom is 0.147 e. The van der Waals surface area contributed by atoms with Crippen molar-refractivity contribution in [2.24, 2.45) is 0 Å². The van der Waals surface area contributed by atoms with Gasteiger partial charge in [0.05, 0.1) is 10.6 Å². The number of nitrogens with zero attached hydrogens (tertiary/aromatic N) is 5. The Hall–Kier alpha value is -2.45. The van der Waals surface area contributed by atoms with Crippen LogP contribution in [0.5, 0.6) is 0 Å². The molecule has 0 bridgehead atoms. The number of piperazine rings is 1. The zero-order valence-electron chi connectivity index (χ0n) is 22.2. The Bertz CT molecular complexity index is 1150. The van der Waals surface area contributed by atoms with Crippen molar-refractivity contribution < 1.29 is 5.11 Å². The van der Waals surface area contributed by atoms with Gasteiger partial charge in [0, 0.05) is 62.4 Å². The Morgan fingerprint density at radius 2 is 1.84 bits per heavy atom. The van der Waals surface area contributed by atoms with Crippen LogP contribution in [0.15, 0.2) is 48.9 Å². The molecule has 198 valence electrons. The number of nitrogens with one attached hydrogen (secondary N) is 1. The number of piperidine rings is 1. The van der Waals surface area contributed by atoms with Crippen LogP contribution in [0.1, 0.15) is 51.2 Å². The van der Waals surface area contributed by atoms with E-state index in [0.717, 1.165) is 68.5 Å². The quantitative estimate of drug-likeness (QED) is 0.459. The normalized spacial score (nSPS) is 20.5.